The molecule has 0 heterocycles. The van der Waals surface area contributed by atoms with Gasteiger partial charge in [-0.3, -0.25) is 14.4 Å². The molecule has 30 heavy (non-hydrogen) atoms. The van der Waals surface area contributed by atoms with Crippen molar-refractivity contribution in [2.75, 3.05) is 24.9 Å². The van der Waals surface area contributed by atoms with Gasteiger partial charge in [0.2, 0.25) is 11.8 Å². The van der Waals surface area contributed by atoms with Crippen molar-refractivity contribution in [3.05, 3.63) is 48.0 Å². The predicted octanol–water partition coefficient (Wildman–Crippen LogP) is 3.06. The normalized spacial score (nSPS) is 11.4. The Morgan fingerprint density at radius 3 is 2.10 bits per heavy atom. The zero-order chi connectivity index (χ0) is 22.3. The monoisotopic (exact) mass is 413 g/mol. The summed E-state index contributed by atoms with van der Waals surface area (Å²) in [5, 5.41) is 8.21. The smallest absolute Gasteiger partial charge is 0.251 e. The van der Waals surface area contributed by atoms with E-state index in [1.807, 2.05) is 13.8 Å². The lowest BCUT2D eigenvalue weighted by atomic mass is 10.0. The van der Waals surface area contributed by atoms with Crippen LogP contribution in [0, 0.1) is 5.92 Å². The summed E-state index contributed by atoms with van der Waals surface area (Å²) in [7, 11) is 3.03. The van der Waals surface area contributed by atoms with Gasteiger partial charge in [-0.15, -0.1) is 0 Å². The third kappa shape index (κ3) is 5.97. The molecule has 3 N–H and O–H groups in total. The number of benzene rings is 2. The Kier molecular flexibility index (Phi) is 7.80. The van der Waals surface area contributed by atoms with Crippen molar-refractivity contribution in [1.82, 2.24) is 5.32 Å². The van der Waals surface area contributed by atoms with E-state index in [4.69, 9.17) is 9.47 Å². The SMILES string of the molecule is COc1ccc(C(=O)NC(C(=O)Nc2cc(NC(C)=O)ccc2OC)C(C)C)cc1. The van der Waals surface area contributed by atoms with Crippen LogP contribution in [0.5, 0.6) is 11.5 Å². The first kappa shape index (κ1) is 22.7. The van der Waals surface area contributed by atoms with E-state index in [9.17, 15) is 14.4 Å². The van der Waals surface area contributed by atoms with Gasteiger partial charge in [0, 0.05) is 18.2 Å². The van der Waals surface area contributed by atoms with Crippen molar-refractivity contribution in [3.63, 3.8) is 0 Å². The number of rotatable bonds is 8. The molecule has 1 atom stereocenters. The van der Waals surface area contributed by atoms with Gasteiger partial charge in [-0.25, -0.2) is 0 Å². The number of nitrogens with one attached hydrogen (secondary N) is 3. The second-order valence-corrected chi connectivity index (χ2v) is 7.01. The maximum absolute atomic E-state index is 12.9. The molecule has 0 fully saturated rings. The van der Waals surface area contributed by atoms with E-state index >= 15 is 0 Å². The number of hydrogen-bond donors (Lipinski definition) is 3. The maximum atomic E-state index is 12.9. The van der Waals surface area contributed by atoms with Gasteiger partial charge in [0.25, 0.3) is 5.91 Å². The van der Waals surface area contributed by atoms with Gasteiger partial charge < -0.3 is 25.4 Å². The molecule has 160 valence electrons. The van der Waals surface area contributed by atoms with Gasteiger partial charge in [-0.05, 0) is 48.4 Å². The standard InChI is InChI=1S/C22H27N3O5/c1-13(2)20(25-21(27)15-6-9-17(29-4)10-7-15)22(28)24-18-12-16(23-14(3)26)8-11-19(18)30-5/h6-13,20H,1-5H3,(H,23,26)(H,24,28)(H,25,27). The Bertz CT molecular complexity index is 909. The molecule has 0 saturated heterocycles. The quantitative estimate of drug-likeness (QED) is 0.617. The molecule has 0 aromatic heterocycles. The summed E-state index contributed by atoms with van der Waals surface area (Å²) in [6.45, 7) is 5.07. The Hall–Kier alpha value is -3.55. The predicted molar refractivity (Wildman–Crippen MR) is 115 cm³/mol. The molecule has 0 aliphatic carbocycles. The second kappa shape index (κ2) is 10.3. The molecular weight excluding hydrogens is 386 g/mol. The number of anilines is 2. The van der Waals surface area contributed by atoms with E-state index in [2.05, 4.69) is 16.0 Å². The topological polar surface area (TPSA) is 106 Å². The van der Waals surface area contributed by atoms with Crippen LogP contribution >= 0.6 is 0 Å². The van der Waals surface area contributed by atoms with Crippen LogP contribution in [0.3, 0.4) is 0 Å². The summed E-state index contributed by atoms with van der Waals surface area (Å²) in [4.78, 5) is 36.9. The fourth-order valence-electron chi connectivity index (χ4n) is 2.80. The van der Waals surface area contributed by atoms with Crippen LogP contribution in [-0.4, -0.2) is 38.0 Å². The third-order valence-corrected chi connectivity index (χ3v) is 4.37. The van der Waals surface area contributed by atoms with Gasteiger partial charge in [-0.2, -0.15) is 0 Å². The van der Waals surface area contributed by atoms with E-state index in [1.165, 1.54) is 14.0 Å². The zero-order valence-electron chi connectivity index (χ0n) is 17.7. The van der Waals surface area contributed by atoms with Gasteiger partial charge >= 0.3 is 0 Å². The minimum Gasteiger partial charge on any atom is -0.497 e. The van der Waals surface area contributed by atoms with E-state index < -0.39 is 11.9 Å². The molecule has 0 spiro atoms. The van der Waals surface area contributed by atoms with Crippen molar-refractivity contribution in [2.24, 2.45) is 5.92 Å². The number of carbonyl (C=O) groups excluding carboxylic acids is 3. The highest BCUT2D eigenvalue weighted by molar-refractivity contribution is 6.02. The lowest BCUT2D eigenvalue weighted by Crippen LogP contribution is -2.47. The van der Waals surface area contributed by atoms with Crippen molar-refractivity contribution < 1.29 is 23.9 Å². The average molecular weight is 413 g/mol. The third-order valence-electron chi connectivity index (χ3n) is 4.37. The van der Waals surface area contributed by atoms with Crippen molar-refractivity contribution in [3.8, 4) is 11.5 Å². The van der Waals surface area contributed by atoms with Crippen LogP contribution in [0.15, 0.2) is 42.5 Å². The highest BCUT2D eigenvalue weighted by atomic mass is 16.5. The van der Waals surface area contributed by atoms with Gasteiger partial charge in [0.1, 0.15) is 17.5 Å². The maximum Gasteiger partial charge on any atom is 0.251 e. The molecule has 8 nitrogen and oxygen atoms in total. The summed E-state index contributed by atoms with van der Waals surface area (Å²) in [5.41, 5.74) is 1.32. The minimum atomic E-state index is -0.784. The fourth-order valence-corrected chi connectivity index (χ4v) is 2.80. The molecule has 2 aromatic rings. The average Bonchev–Trinajstić information content (AvgIpc) is 2.71. The van der Waals surface area contributed by atoms with Gasteiger partial charge in [0.05, 0.1) is 19.9 Å². The lowest BCUT2D eigenvalue weighted by Gasteiger charge is -2.22. The summed E-state index contributed by atoms with van der Waals surface area (Å²) < 4.78 is 10.4. The highest BCUT2D eigenvalue weighted by Crippen LogP contribution is 2.28. The van der Waals surface area contributed by atoms with Crippen LogP contribution in [0.2, 0.25) is 0 Å². The number of carbonyl (C=O) groups is 3. The van der Waals surface area contributed by atoms with Crippen molar-refractivity contribution in [2.45, 2.75) is 26.8 Å². The van der Waals surface area contributed by atoms with Crippen molar-refractivity contribution >= 4 is 29.1 Å². The summed E-state index contributed by atoms with van der Waals surface area (Å²) in [5.74, 6) is -0.103. The first-order valence-corrected chi connectivity index (χ1v) is 9.46. The van der Waals surface area contributed by atoms with E-state index in [-0.39, 0.29) is 17.7 Å². The molecule has 0 saturated carbocycles. The molecule has 0 radical (unpaired) electrons. The van der Waals surface area contributed by atoms with Crippen LogP contribution < -0.4 is 25.4 Å². The number of hydrogen-bond acceptors (Lipinski definition) is 5. The van der Waals surface area contributed by atoms with E-state index in [0.717, 1.165) is 0 Å². The number of methoxy groups -OCH3 is 2. The Morgan fingerprint density at radius 2 is 1.57 bits per heavy atom. The molecule has 0 bridgehead atoms. The Labute approximate surface area is 175 Å². The molecular formula is C22H27N3O5. The minimum absolute atomic E-state index is 0.170. The molecule has 0 aliphatic rings. The van der Waals surface area contributed by atoms with Gasteiger partial charge in [-0.1, -0.05) is 13.8 Å². The summed E-state index contributed by atoms with van der Waals surface area (Å²) >= 11 is 0. The Morgan fingerprint density at radius 1 is 0.900 bits per heavy atom. The molecule has 2 rings (SSSR count). The van der Waals surface area contributed by atoms with E-state index in [0.29, 0.717) is 28.4 Å². The molecule has 3 amide bonds. The number of ether oxygens (including phenoxy) is 2. The number of amides is 3. The lowest BCUT2D eigenvalue weighted by molar-refractivity contribution is -0.119. The molecule has 0 aliphatic heterocycles. The highest BCUT2D eigenvalue weighted by Gasteiger charge is 2.25. The largest absolute Gasteiger partial charge is 0.497 e. The van der Waals surface area contributed by atoms with Crippen LogP contribution in [0.1, 0.15) is 31.1 Å². The Balaban J connectivity index is 2.18. The van der Waals surface area contributed by atoms with Crippen LogP contribution in [-0.2, 0) is 9.59 Å². The molecule has 1 unspecified atom stereocenters. The fraction of sp³-hybridized carbons (Fsp3) is 0.318. The molecule has 2 aromatic carbocycles. The first-order valence-electron chi connectivity index (χ1n) is 9.46. The summed E-state index contributed by atoms with van der Waals surface area (Å²) in [6, 6.07) is 10.7. The summed E-state index contributed by atoms with van der Waals surface area (Å²) in [6.07, 6.45) is 0. The van der Waals surface area contributed by atoms with E-state index in [1.54, 1.807) is 49.6 Å². The van der Waals surface area contributed by atoms with Gasteiger partial charge in [0.15, 0.2) is 0 Å². The second-order valence-electron chi connectivity index (χ2n) is 7.01. The zero-order valence-corrected chi connectivity index (χ0v) is 17.7. The molecule has 8 heteroatoms. The van der Waals surface area contributed by atoms with Crippen molar-refractivity contribution in [1.29, 1.82) is 0 Å². The van der Waals surface area contributed by atoms with Crippen LogP contribution in [0.4, 0.5) is 11.4 Å². The first-order chi connectivity index (χ1) is 14.2. The van der Waals surface area contributed by atoms with Crippen LogP contribution in [0.25, 0.3) is 0 Å².